The van der Waals surface area contributed by atoms with E-state index < -0.39 is 23.5 Å². The number of rotatable bonds is 3. The van der Waals surface area contributed by atoms with Gasteiger partial charge in [0.2, 0.25) is 0 Å². The van der Waals surface area contributed by atoms with E-state index in [-0.39, 0.29) is 22.6 Å². The Kier molecular flexibility index (Phi) is 4.58. The maximum atomic E-state index is 13.7. The number of nitrogens with one attached hydrogen (secondary N) is 1. The molecule has 0 heterocycles. The number of carbonyl (C=O) groups excluding carboxylic acids is 1. The van der Waals surface area contributed by atoms with E-state index in [0.29, 0.717) is 0 Å². The smallest absolute Gasteiger partial charge is 0.416 e. The lowest BCUT2D eigenvalue weighted by Gasteiger charge is -2.11. The summed E-state index contributed by atoms with van der Waals surface area (Å²) in [5.41, 5.74) is -0.384. The Morgan fingerprint density at radius 3 is 2.26 bits per heavy atom. The predicted molar refractivity (Wildman–Crippen MR) is 77.1 cm³/mol. The first-order valence-electron chi connectivity index (χ1n) is 6.55. The second-order valence-corrected chi connectivity index (χ2v) is 4.81. The van der Waals surface area contributed by atoms with Crippen molar-refractivity contribution in [2.24, 2.45) is 0 Å². The molecule has 1 N–H and O–H groups in total. The summed E-state index contributed by atoms with van der Waals surface area (Å²) in [7, 11) is 1.35. The fourth-order valence-corrected chi connectivity index (χ4v) is 1.94. The molecule has 0 saturated heterocycles. The van der Waals surface area contributed by atoms with Crippen LogP contribution in [0.2, 0.25) is 0 Å². The molecule has 2 aromatic carbocycles. The molecule has 0 spiro atoms. The summed E-state index contributed by atoms with van der Waals surface area (Å²) in [4.78, 5) is 12.1. The van der Waals surface area contributed by atoms with Crippen LogP contribution in [0.3, 0.4) is 0 Å². The summed E-state index contributed by atoms with van der Waals surface area (Å²) in [6.45, 7) is 1.51. The highest BCUT2D eigenvalue weighted by Crippen LogP contribution is 2.30. The van der Waals surface area contributed by atoms with Gasteiger partial charge in [0.05, 0.1) is 12.7 Å². The number of methoxy groups -OCH3 is 1. The van der Waals surface area contributed by atoms with E-state index in [1.54, 1.807) is 0 Å². The Balaban J connectivity index is 2.21. The number of halogens is 4. The highest BCUT2D eigenvalue weighted by atomic mass is 19.4. The van der Waals surface area contributed by atoms with Crippen LogP contribution in [0.25, 0.3) is 0 Å². The van der Waals surface area contributed by atoms with Gasteiger partial charge in [-0.25, -0.2) is 4.39 Å². The van der Waals surface area contributed by atoms with Crippen LogP contribution in [-0.2, 0) is 6.18 Å². The first-order valence-corrected chi connectivity index (χ1v) is 6.55. The van der Waals surface area contributed by atoms with Crippen LogP contribution in [0.5, 0.6) is 5.75 Å². The molecule has 0 atom stereocenters. The Labute approximate surface area is 129 Å². The van der Waals surface area contributed by atoms with Gasteiger partial charge in [0.25, 0.3) is 5.91 Å². The maximum Gasteiger partial charge on any atom is 0.416 e. The normalized spacial score (nSPS) is 11.2. The quantitative estimate of drug-likeness (QED) is 0.848. The van der Waals surface area contributed by atoms with Crippen LogP contribution in [0.15, 0.2) is 36.4 Å². The van der Waals surface area contributed by atoms with Gasteiger partial charge >= 0.3 is 6.18 Å². The molecule has 0 radical (unpaired) electrons. The Bertz CT molecular complexity index is 724. The number of hydrogen-bond acceptors (Lipinski definition) is 2. The summed E-state index contributed by atoms with van der Waals surface area (Å²) < 4.78 is 56.1. The van der Waals surface area contributed by atoms with Gasteiger partial charge in [-0.2, -0.15) is 13.2 Å². The molecule has 0 fully saturated rings. The lowest BCUT2D eigenvalue weighted by atomic mass is 10.1. The van der Waals surface area contributed by atoms with Gasteiger partial charge in [-0.1, -0.05) is 0 Å². The number of benzene rings is 2. The number of ether oxygens (including phenoxy) is 1. The number of carbonyl (C=O) groups is 1. The molecule has 0 unspecified atom stereocenters. The molecule has 7 heteroatoms. The largest absolute Gasteiger partial charge is 0.496 e. The van der Waals surface area contributed by atoms with E-state index in [1.807, 2.05) is 0 Å². The van der Waals surface area contributed by atoms with E-state index in [1.165, 1.54) is 20.1 Å². The van der Waals surface area contributed by atoms with Gasteiger partial charge < -0.3 is 10.1 Å². The highest BCUT2D eigenvalue weighted by molar-refractivity contribution is 6.04. The number of alkyl halides is 3. The van der Waals surface area contributed by atoms with Crippen molar-refractivity contribution in [3.05, 3.63) is 58.9 Å². The first kappa shape index (κ1) is 16.8. The van der Waals surface area contributed by atoms with E-state index in [4.69, 9.17) is 4.74 Å². The molecule has 0 bridgehead atoms. The topological polar surface area (TPSA) is 38.3 Å². The van der Waals surface area contributed by atoms with E-state index in [2.05, 4.69) is 5.32 Å². The molecule has 0 aliphatic carbocycles. The van der Waals surface area contributed by atoms with E-state index in [9.17, 15) is 22.4 Å². The summed E-state index contributed by atoms with van der Waals surface area (Å²) in [5, 5.41) is 2.41. The van der Waals surface area contributed by atoms with Crippen molar-refractivity contribution in [3.63, 3.8) is 0 Å². The molecule has 0 aliphatic heterocycles. The molecule has 0 saturated carbocycles. The summed E-state index contributed by atoms with van der Waals surface area (Å²) in [5.74, 6) is -1.05. The zero-order valence-corrected chi connectivity index (χ0v) is 12.3. The third-order valence-electron chi connectivity index (χ3n) is 3.25. The summed E-state index contributed by atoms with van der Waals surface area (Å²) in [6.07, 6.45) is -4.45. The average molecular weight is 327 g/mol. The van der Waals surface area contributed by atoms with Crippen LogP contribution in [0.4, 0.5) is 23.2 Å². The molecule has 23 heavy (non-hydrogen) atoms. The third-order valence-corrected chi connectivity index (χ3v) is 3.25. The average Bonchev–Trinajstić information content (AvgIpc) is 2.49. The van der Waals surface area contributed by atoms with Crippen molar-refractivity contribution < 1.29 is 27.1 Å². The summed E-state index contributed by atoms with van der Waals surface area (Å²) >= 11 is 0. The lowest BCUT2D eigenvalue weighted by molar-refractivity contribution is -0.137. The maximum absolute atomic E-state index is 13.7. The van der Waals surface area contributed by atoms with Crippen LogP contribution >= 0.6 is 0 Å². The highest BCUT2D eigenvalue weighted by Gasteiger charge is 2.30. The fourth-order valence-electron chi connectivity index (χ4n) is 1.94. The Morgan fingerprint density at radius 2 is 1.74 bits per heavy atom. The van der Waals surface area contributed by atoms with Crippen molar-refractivity contribution in [3.8, 4) is 5.75 Å². The van der Waals surface area contributed by atoms with Crippen molar-refractivity contribution in [2.75, 3.05) is 12.4 Å². The molecule has 122 valence electrons. The standard InChI is InChI=1S/C16H13F4NO2/c1-9-13(17)7-10(8-14(9)23-2)15(22)21-12-5-3-11(4-6-12)16(18,19)20/h3-8H,1-2H3,(H,21,22). The minimum absolute atomic E-state index is 0.00449. The minimum Gasteiger partial charge on any atom is -0.496 e. The molecule has 1 amide bonds. The molecule has 3 nitrogen and oxygen atoms in total. The fraction of sp³-hybridized carbons (Fsp3) is 0.188. The van der Waals surface area contributed by atoms with Gasteiger partial charge in [0.15, 0.2) is 0 Å². The molecule has 0 aromatic heterocycles. The SMILES string of the molecule is COc1cc(C(=O)Nc2ccc(C(F)(F)F)cc2)cc(F)c1C. The van der Waals surface area contributed by atoms with Crippen molar-refractivity contribution >= 4 is 11.6 Å². The van der Waals surface area contributed by atoms with Crippen molar-refractivity contribution in [1.29, 1.82) is 0 Å². The van der Waals surface area contributed by atoms with E-state index >= 15 is 0 Å². The second kappa shape index (κ2) is 6.28. The number of amides is 1. The molecular weight excluding hydrogens is 314 g/mol. The van der Waals surface area contributed by atoms with Gasteiger partial charge in [0, 0.05) is 16.8 Å². The minimum atomic E-state index is -4.45. The van der Waals surface area contributed by atoms with Crippen LogP contribution < -0.4 is 10.1 Å². The van der Waals surface area contributed by atoms with Gasteiger partial charge in [0.1, 0.15) is 11.6 Å². The number of anilines is 1. The Hall–Kier alpha value is -2.57. The van der Waals surface area contributed by atoms with Crippen LogP contribution in [0.1, 0.15) is 21.5 Å². The van der Waals surface area contributed by atoms with Crippen molar-refractivity contribution in [1.82, 2.24) is 0 Å². The third kappa shape index (κ3) is 3.80. The molecular formula is C16H13F4NO2. The van der Waals surface area contributed by atoms with Crippen molar-refractivity contribution in [2.45, 2.75) is 13.1 Å². The summed E-state index contributed by atoms with van der Waals surface area (Å²) in [6, 6.07) is 6.36. The van der Waals surface area contributed by atoms with Gasteiger partial charge in [-0.15, -0.1) is 0 Å². The second-order valence-electron chi connectivity index (χ2n) is 4.81. The predicted octanol–water partition coefficient (Wildman–Crippen LogP) is 4.41. The molecule has 0 aliphatic rings. The van der Waals surface area contributed by atoms with Gasteiger partial charge in [-0.05, 0) is 43.3 Å². The number of hydrogen-bond donors (Lipinski definition) is 1. The lowest BCUT2D eigenvalue weighted by Crippen LogP contribution is -2.13. The molecule has 2 rings (SSSR count). The Morgan fingerprint density at radius 1 is 1.13 bits per heavy atom. The van der Waals surface area contributed by atoms with E-state index in [0.717, 1.165) is 30.3 Å². The zero-order valence-electron chi connectivity index (χ0n) is 12.3. The molecule has 2 aromatic rings. The van der Waals surface area contributed by atoms with Gasteiger partial charge in [-0.3, -0.25) is 4.79 Å². The van der Waals surface area contributed by atoms with Crippen LogP contribution in [-0.4, -0.2) is 13.0 Å². The zero-order chi connectivity index (χ0) is 17.2. The monoisotopic (exact) mass is 327 g/mol. The first-order chi connectivity index (χ1) is 10.7. The van der Waals surface area contributed by atoms with Crippen LogP contribution in [0, 0.1) is 12.7 Å².